The standard InChI is InChI=1S/C12H8N4O3/c13-12-14-6-8(16(17)18)11(15-12)10-5-7-3-1-2-4-9(7)19-10/h1-6H,(H2,13,14,15). The molecule has 0 bridgehead atoms. The van der Waals surface area contributed by atoms with Crippen molar-refractivity contribution >= 4 is 22.6 Å². The third-order valence-electron chi connectivity index (χ3n) is 2.64. The second-order valence-electron chi connectivity index (χ2n) is 3.87. The minimum Gasteiger partial charge on any atom is -0.454 e. The summed E-state index contributed by atoms with van der Waals surface area (Å²) in [6.07, 6.45) is 1.07. The fourth-order valence-electron chi connectivity index (χ4n) is 1.80. The van der Waals surface area contributed by atoms with E-state index in [1.165, 1.54) is 0 Å². The molecule has 2 heterocycles. The molecule has 1 aromatic carbocycles. The fourth-order valence-corrected chi connectivity index (χ4v) is 1.80. The Hall–Kier alpha value is -2.96. The van der Waals surface area contributed by atoms with Crippen molar-refractivity contribution in [3.63, 3.8) is 0 Å². The number of furan rings is 1. The van der Waals surface area contributed by atoms with Crippen molar-refractivity contribution in [3.8, 4) is 11.5 Å². The smallest absolute Gasteiger partial charge is 0.317 e. The van der Waals surface area contributed by atoms with Crippen molar-refractivity contribution in [2.45, 2.75) is 0 Å². The number of nitro groups is 1. The molecule has 2 aromatic heterocycles. The number of nitrogens with two attached hydrogens (primary N) is 1. The van der Waals surface area contributed by atoms with Gasteiger partial charge in [-0.2, -0.15) is 0 Å². The van der Waals surface area contributed by atoms with Gasteiger partial charge < -0.3 is 10.2 Å². The Kier molecular flexibility index (Phi) is 2.38. The highest BCUT2D eigenvalue weighted by Crippen LogP contribution is 2.32. The van der Waals surface area contributed by atoms with Crippen molar-refractivity contribution in [3.05, 3.63) is 46.6 Å². The van der Waals surface area contributed by atoms with Crippen molar-refractivity contribution in [1.82, 2.24) is 9.97 Å². The number of benzene rings is 1. The molecule has 0 aliphatic carbocycles. The highest BCUT2D eigenvalue weighted by molar-refractivity contribution is 5.83. The van der Waals surface area contributed by atoms with Gasteiger partial charge in [0.05, 0.1) is 4.92 Å². The third-order valence-corrected chi connectivity index (χ3v) is 2.64. The number of hydrogen-bond acceptors (Lipinski definition) is 6. The summed E-state index contributed by atoms with van der Waals surface area (Å²) in [6.45, 7) is 0. The molecular weight excluding hydrogens is 248 g/mol. The number of hydrogen-bond donors (Lipinski definition) is 1. The van der Waals surface area contributed by atoms with Crippen LogP contribution in [0.15, 0.2) is 40.9 Å². The van der Waals surface area contributed by atoms with Crippen molar-refractivity contribution in [2.75, 3.05) is 5.73 Å². The molecule has 7 nitrogen and oxygen atoms in total. The minimum absolute atomic E-state index is 0.0407. The molecule has 2 N–H and O–H groups in total. The molecule has 0 fully saturated rings. The first kappa shape index (κ1) is 11.1. The van der Waals surface area contributed by atoms with Crippen molar-refractivity contribution < 1.29 is 9.34 Å². The Bertz CT molecular complexity index is 748. The lowest BCUT2D eigenvalue weighted by atomic mass is 10.2. The molecule has 7 heteroatoms. The fraction of sp³-hybridized carbons (Fsp3) is 0. The predicted octanol–water partition coefficient (Wildman–Crippen LogP) is 2.38. The zero-order chi connectivity index (χ0) is 13.4. The number of nitrogen functional groups attached to an aromatic ring is 1. The Morgan fingerprint density at radius 1 is 1.32 bits per heavy atom. The number of fused-ring (bicyclic) bond motifs is 1. The molecule has 0 unspecified atom stereocenters. The van der Waals surface area contributed by atoms with Crippen LogP contribution in [-0.4, -0.2) is 14.9 Å². The first-order valence-corrected chi connectivity index (χ1v) is 5.41. The van der Waals surface area contributed by atoms with Crippen molar-refractivity contribution in [1.29, 1.82) is 0 Å². The Balaban J connectivity index is 2.25. The van der Waals surface area contributed by atoms with Gasteiger partial charge in [0.1, 0.15) is 11.8 Å². The van der Waals surface area contributed by atoms with Gasteiger partial charge in [-0.1, -0.05) is 18.2 Å². The molecule has 94 valence electrons. The molecule has 0 atom stereocenters. The van der Waals surface area contributed by atoms with Gasteiger partial charge in [0.15, 0.2) is 11.5 Å². The Morgan fingerprint density at radius 2 is 2.11 bits per heavy atom. The highest BCUT2D eigenvalue weighted by Gasteiger charge is 2.21. The molecule has 0 amide bonds. The Morgan fingerprint density at radius 3 is 2.84 bits per heavy atom. The van der Waals surface area contributed by atoms with Gasteiger partial charge in [-0.25, -0.2) is 9.97 Å². The zero-order valence-electron chi connectivity index (χ0n) is 9.61. The summed E-state index contributed by atoms with van der Waals surface area (Å²) in [5.74, 6) is 0.253. The van der Waals surface area contributed by atoms with E-state index in [9.17, 15) is 10.1 Å². The molecule has 0 radical (unpaired) electrons. The second kappa shape index (κ2) is 4.05. The summed E-state index contributed by atoms with van der Waals surface area (Å²) in [6, 6.07) is 8.97. The maximum Gasteiger partial charge on any atom is 0.317 e. The number of anilines is 1. The number of aromatic nitrogens is 2. The normalized spacial score (nSPS) is 10.7. The Labute approximate surface area is 106 Å². The largest absolute Gasteiger partial charge is 0.454 e. The predicted molar refractivity (Wildman–Crippen MR) is 68.3 cm³/mol. The third kappa shape index (κ3) is 1.86. The first-order chi connectivity index (χ1) is 9.15. The van der Waals surface area contributed by atoms with Gasteiger partial charge in [0.25, 0.3) is 0 Å². The summed E-state index contributed by atoms with van der Waals surface area (Å²) >= 11 is 0. The monoisotopic (exact) mass is 256 g/mol. The molecule has 0 saturated heterocycles. The SMILES string of the molecule is Nc1ncc([N+](=O)[O-])c(-c2cc3ccccc3o2)n1. The topological polar surface area (TPSA) is 108 Å². The number of rotatable bonds is 2. The summed E-state index contributed by atoms with van der Waals surface area (Å²) in [7, 11) is 0. The lowest BCUT2D eigenvalue weighted by molar-refractivity contribution is -0.384. The van der Waals surface area contributed by atoms with Crippen LogP contribution in [0.1, 0.15) is 0 Å². The van der Waals surface area contributed by atoms with Crippen LogP contribution in [0, 0.1) is 10.1 Å². The molecule has 3 rings (SSSR count). The van der Waals surface area contributed by atoms with Gasteiger partial charge >= 0.3 is 5.69 Å². The summed E-state index contributed by atoms with van der Waals surface area (Å²) in [5.41, 5.74) is 5.94. The molecule has 3 aromatic rings. The van der Waals surface area contributed by atoms with Gasteiger partial charge in [-0.05, 0) is 12.1 Å². The maximum absolute atomic E-state index is 11.0. The quantitative estimate of drug-likeness (QED) is 0.557. The van der Waals surface area contributed by atoms with E-state index < -0.39 is 4.92 Å². The van der Waals surface area contributed by atoms with Crippen molar-refractivity contribution in [2.24, 2.45) is 0 Å². The van der Waals surface area contributed by atoms with Crippen LogP contribution < -0.4 is 5.73 Å². The van der Waals surface area contributed by atoms with Crippen LogP contribution >= 0.6 is 0 Å². The average molecular weight is 256 g/mol. The van der Waals surface area contributed by atoms with Crippen LogP contribution in [-0.2, 0) is 0 Å². The molecule has 0 aliphatic heterocycles. The van der Waals surface area contributed by atoms with Gasteiger partial charge in [-0.15, -0.1) is 0 Å². The van der Waals surface area contributed by atoms with Crippen LogP contribution in [0.4, 0.5) is 11.6 Å². The number of para-hydroxylation sites is 1. The second-order valence-corrected chi connectivity index (χ2v) is 3.87. The number of nitrogens with zero attached hydrogens (tertiary/aromatic N) is 3. The molecule has 0 spiro atoms. The van der Waals surface area contributed by atoms with E-state index in [0.717, 1.165) is 11.6 Å². The molecular formula is C12H8N4O3. The van der Waals surface area contributed by atoms with E-state index in [2.05, 4.69) is 9.97 Å². The average Bonchev–Trinajstić information content (AvgIpc) is 2.81. The molecule has 19 heavy (non-hydrogen) atoms. The van der Waals surface area contributed by atoms with Gasteiger partial charge in [0.2, 0.25) is 5.95 Å². The summed E-state index contributed by atoms with van der Waals surface area (Å²) in [4.78, 5) is 17.9. The van der Waals surface area contributed by atoms with E-state index >= 15 is 0 Å². The van der Waals surface area contributed by atoms with Gasteiger partial charge in [0, 0.05) is 5.39 Å². The van der Waals surface area contributed by atoms with Gasteiger partial charge in [-0.3, -0.25) is 10.1 Å². The van der Waals surface area contributed by atoms with Crippen LogP contribution in [0.2, 0.25) is 0 Å². The first-order valence-electron chi connectivity index (χ1n) is 5.41. The van der Waals surface area contributed by atoms with E-state index in [1.807, 2.05) is 18.2 Å². The lowest BCUT2D eigenvalue weighted by Gasteiger charge is -1.98. The summed E-state index contributed by atoms with van der Waals surface area (Å²) in [5, 5.41) is 11.8. The molecule has 0 saturated carbocycles. The van der Waals surface area contributed by atoms with E-state index in [4.69, 9.17) is 10.2 Å². The van der Waals surface area contributed by atoms with E-state index in [1.54, 1.807) is 12.1 Å². The zero-order valence-corrected chi connectivity index (χ0v) is 9.61. The lowest BCUT2D eigenvalue weighted by Crippen LogP contribution is -2.00. The van der Waals surface area contributed by atoms with E-state index in [-0.39, 0.29) is 17.3 Å². The van der Waals surface area contributed by atoms with Crippen LogP contribution in [0.25, 0.3) is 22.4 Å². The maximum atomic E-state index is 11.0. The highest BCUT2D eigenvalue weighted by atomic mass is 16.6. The van der Waals surface area contributed by atoms with Crippen LogP contribution in [0.5, 0.6) is 0 Å². The van der Waals surface area contributed by atoms with Crippen LogP contribution in [0.3, 0.4) is 0 Å². The summed E-state index contributed by atoms with van der Waals surface area (Å²) < 4.78 is 5.55. The van der Waals surface area contributed by atoms with E-state index in [0.29, 0.717) is 11.3 Å². The molecule has 0 aliphatic rings. The minimum atomic E-state index is -0.567.